The molecule has 0 radical (unpaired) electrons. The SMILES string of the molecule is COc1cc(/C=N\NC(=O)c2ccc(-n3c(-c4ccccc4)ccc3-c3ccccc3)cc2)cc(Br)c1OCc1cccc2ccccc12. The van der Waals surface area contributed by atoms with Crippen molar-refractivity contribution >= 4 is 38.8 Å². The molecule has 7 rings (SSSR count). The predicted octanol–water partition coefficient (Wildman–Crippen LogP) is 10.1. The Kier molecular flexibility index (Phi) is 9.34. The topological polar surface area (TPSA) is 64.8 Å². The third-order valence-electron chi connectivity index (χ3n) is 8.29. The molecule has 240 valence electrons. The molecule has 1 aromatic heterocycles. The summed E-state index contributed by atoms with van der Waals surface area (Å²) in [6, 6.07) is 50.4. The molecule has 0 fully saturated rings. The summed E-state index contributed by atoms with van der Waals surface area (Å²) < 4.78 is 14.8. The van der Waals surface area contributed by atoms with Crippen molar-refractivity contribution in [3.63, 3.8) is 0 Å². The van der Waals surface area contributed by atoms with Crippen molar-refractivity contribution in [1.29, 1.82) is 0 Å². The number of amides is 1. The summed E-state index contributed by atoms with van der Waals surface area (Å²) in [5.74, 6) is 0.820. The number of hydrogen-bond acceptors (Lipinski definition) is 4. The summed E-state index contributed by atoms with van der Waals surface area (Å²) >= 11 is 3.63. The first-order chi connectivity index (χ1) is 24.1. The highest BCUT2D eigenvalue weighted by molar-refractivity contribution is 9.10. The van der Waals surface area contributed by atoms with Gasteiger partial charge in [-0.05, 0) is 97.5 Å². The van der Waals surface area contributed by atoms with Gasteiger partial charge in [0.15, 0.2) is 11.5 Å². The number of rotatable bonds is 10. The van der Waals surface area contributed by atoms with Crippen molar-refractivity contribution in [1.82, 2.24) is 9.99 Å². The molecule has 0 unspecified atom stereocenters. The molecule has 0 atom stereocenters. The fraction of sp³-hybridized carbons (Fsp3) is 0.0476. The molecule has 6 nitrogen and oxygen atoms in total. The van der Waals surface area contributed by atoms with Crippen LogP contribution in [0.15, 0.2) is 161 Å². The standard InChI is InChI=1S/C42H32BrN3O3/c1-48-40-26-29(25-37(43)41(40)49-28-34-17-10-16-30-11-8-9-18-36(30)34)27-44-45-42(47)33-19-21-35(22-20-33)46-38(31-12-4-2-5-13-31)23-24-39(46)32-14-6-3-7-15-32/h2-27H,28H2,1H3,(H,45,47)/b44-27-. The van der Waals surface area contributed by atoms with Crippen molar-refractivity contribution in [2.45, 2.75) is 6.61 Å². The van der Waals surface area contributed by atoms with Gasteiger partial charge < -0.3 is 14.0 Å². The van der Waals surface area contributed by atoms with E-state index in [2.05, 4.69) is 91.7 Å². The second kappa shape index (κ2) is 14.5. The first-order valence-electron chi connectivity index (χ1n) is 15.8. The van der Waals surface area contributed by atoms with Crippen LogP contribution in [0.4, 0.5) is 0 Å². The molecule has 0 aliphatic rings. The molecule has 7 aromatic rings. The van der Waals surface area contributed by atoms with Crippen LogP contribution in [0.1, 0.15) is 21.5 Å². The van der Waals surface area contributed by atoms with Crippen molar-refractivity contribution in [2.24, 2.45) is 5.10 Å². The highest BCUT2D eigenvalue weighted by Crippen LogP contribution is 2.37. The summed E-state index contributed by atoms with van der Waals surface area (Å²) in [7, 11) is 1.60. The number of fused-ring (bicyclic) bond motifs is 1. The fourth-order valence-electron chi connectivity index (χ4n) is 5.90. The molecule has 49 heavy (non-hydrogen) atoms. The Morgan fingerprint density at radius 2 is 1.39 bits per heavy atom. The molecule has 0 saturated heterocycles. The van der Waals surface area contributed by atoms with Gasteiger partial charge in [0.2, 0.25) is 0 Å². The molecule has 1 N–H and O–H groups in total. The van der Waals surface area contributed by atoms with Crippen molar-refractivity contribution in [2.75, 3.05) is 7.11 Å². The van der Waals surface area contributed by atoms with Gasteiger partial charge >= 0.3 is 0 Å². The van der Waals surface area contributed by atoms with Gasteiger partial charge in [0.1, 0.15) is 6.61 Å². The number of carbonyl (C=O) groups is 1. The average molecular weight is 707 g/mol. The third kappa shape index (κ3) is 6.89. The number of halogens is 1. The van der Waals surface area contributed by atoms with Crippen LogP contribution in [0.3, 0.4) is 0 Å². The van der Waals surface area contributed by atoms with E-state index in [-0.39, 0.29) is 5.91 Å². The van der Waals surface area contributed by atoms with Gasteiger partial charge in [-0.15, -0.1) is 0 Å². The smallest absolute Gasteiger partial charge is 0.271 e. The van der Waals surface area contributed by atoms with Crippen molar-refractivity contribution in [3.05, 3.63) is 173 Å². The zero-order valence-corrected chi connectivity index (χ0v) is 28.3. The van der Waals surface area contributed by atoms with Gasteiger partial charge in [-0.2, -0.15) is 5.10 Å². The minimum absolute atomic E-state index is 0.317. The van der Waals surface area contributed by atoms with Gasteiger partial charge in [0, 0.05) is 11.3 Å². The minimum Gasteiger partial charge on any atom is -0.493 e. The van der Waals surface area contributed by atoms with Gasteiger partial charge in [-0.3, -0.25) is 4.79 Å². The van der Waals surface area contributed by atoms with Crippen molar-refractivity contribution < 1.29 is 14.3 Å². The Morgan fingerprint density at radius 1 is 0.755 bits per heavy atom. The number of nitrogens with one attached hydrogen (secondary N) is 1. The summed E-state index contributed by atoms with van der Waals surface area (Å²) in [6.07, 6.45) is 1.58. The van der Waals surface area contributed by atoms with Crippen LogP contribution >= 0.6 is 15.9 Å². The molecule has 0 bridgehead atoms. The van der Waals surface area contributed by atoms with Crippen LogP contribution in [0.5, 0.6) is 11.5 Å². The normalized spacial score (nSPS) is 11.1. The summed E-state index contributed by atoms with van der Waals surface area (Å²) in [4.78, 5) is 13.1. The van der Waals surface area contributed by atoms with E-state index in [1.807, 2.05) is 91.0 Å². The van der Waals surface area contributed by atoms with Gasteiger partial charge in [0.05, 0.1) is 29.2 Å². The lowest BCUT2D eigenvalue weighted by atomic mass is 10.1. The average Bonchev–Trinajstić information content (AvgIpc) is 3.60. The lowest BCUT2D eigenvalue weighted by Gasteiger charge is -2.15. The Balaban J connectivity index is 1.06. The van der Waals surface area contributed by atoms with E-state index >= 15 is 0 Å². The van der Waals surface area contributed by atoms with Crippen molar-refractivity contribution in [3.8, 4) is 39.7 Å². The molecular weight excluding hydrogens is 674 g/mol. The fourth-order valence-corrected chi connectivity index (χ4v) is 6.47. The van der Waals surface area contributed by atoms with Crippen LogP contribution in [0.25, 0.3) is 39.0 Å². The van der Waals surface area contributed by atoms with E-state index in [9.17, 15) is 4.79 Å². The maximum atomic E-state index is 13.1. The molecule has 0 aliphatic carbocycles. The maximum Gasteiger partial charge on any atom is 0.271 e. The first kappa shape index (κ1) is 31.7. The van der Waals surface area contributed by atoms with Gasteiger partial charge in [-0.25, -0.2) is 5.43 Å². The molecule has 1 heterocycles. The number of benzene rings is 6. The number of carbonyl (C=O) groups excluding carboxylic acids is 1. The van der Waals surface area contributed by atoms with E-state index in [0.29, 0.717) is 28.1 Å². The van der Waals surface area contributed by atoms with E-state index in [4.69, 9.17) is 9.47 Å². The van der Waals surface area contributed by atoms with Crippen LogP contribution in [-0.2, 0) is 6.61 Å². The maximum absolute atomic E-state index is 13.1. The Hall–Kier alpha value is -5.92. The summed E-state index contributed by atoms with van der Waals surface area (Å²) in [5.41, 5.74) is 10.2. The molecule has 0 aliphatic heterocycles. The number of ether oxygens (including phenoxy) is 2. The highest BCUT2D eigenvalue weighted by atomic mass is 79.9. The van der Waals surface area contributed by atoms with Crippen LogP contribution in [-0.4, -0.2) is 23.8 Å². The van der Waals surface area contributed by atoms with Gasteiger partial charge in [-0.1, -0.05) is 103 Å². The number of methoxy groups -OCH3 is 1. The number of aromatic nitrogens is 1. The van der Waals surface area contributed by atoms with E-state index in [1.54, 1.807) is 13.3 Å². The monoisotopic (exact) mass is 705 g/mol. The largest absolute Gasteiger partial charge is 0.493 e. The number of nitrogens with zero attached hydrogens (tertiary/aromatic N) is 2. The molecule has 6 aromatic carbocycles. The highest BCUT2D eigenvalue weighted by Gasteiger charge is 2.15. The Bertz CT molecular complexity index is 2200. The first-order valence-corrected chi connectivity index (χ1v) is 16.6. The van der Waals surface area contributed by atoms with E-state index in [0.717, 1.165) is 50.1 Å². The lowest BCUT2D eigenvalue weighted by molar-refractivity contribution is 0.0955. The molecular formula is C42H32BrN3O3. The third-order valence-corrected chi connectivity index (χ3v) is 8.88. The van der Waals surface area contributed by atoms with E-state index in [1.165, 1.54) is 0 Å². The van der Waals surface area contributed by atoms with E-state index < -0.39 is 0 Å². The molecule has 1 amide bonds. The minimum atomic E-state index is -0.317. The van der Waals surface area contributed by atoms with Crippen LogP contribution < -0.4 is 14.9 Å². The summed E-state index contributed by atoms with van der Waals surface area (Å²) in [5, 5.41) is 6.53. The van der Waals surface area contributed by atoms with Crippen LogP contribution in [0, 0.1) is 0 Å². The quantitative estimate of drug-likeness (QED) is 0.114. The van der Waals surface area contributed by atoms with Gasteiger partial charge in [0.25, 0.3) is 5.91 Å². The Labute approximate surface area is 293 Å². The Morgan fingerprint density at radius 3 is 2.06 bits per heavy atom. The number of hydrazone groups is 1. The molecule has 0 spiro atoms. The molecule has 0 saturated carbocycles. The zero-order valence-electron chi connectivity index (χ0n) is 26.7. The second-order valence-electron chi connectivity index (χ2n) is 11.4. The number of hydrogen-bond donors (Lipinski definition) is 1. The second-order valence-corrected chi connectivity index (χ2v) is 12.2. The lowest BCUT2D eigenvalue weighted by Crippen LogP contribution is -2.17. The van der Waals surface area contributed by atoms with Crippen LogP contribution in [0.2, 0.25) is 0 Å². The summed E-state index contributed by atoms with van der Waals surface area (Å²) in [6.45, 7) is 0.379. The zero-order chi connectivity index (χ0) is 33.6. The predicted molar refractivity (Wildman–Crippen MR) is 201 cm³/mol. The molecule has 7 heteroatoms.